The van der Waals surface area contributed by atoms with Crippen LogP contribution in [0.4, 0.5) is 0 Å². The number of halogens is 1. The van der Waals surface area contributed by atoms with Crippen LogP contribution in [0.3, 0.4) is 0 Å². The van der Waals surface area contributed by atoms with Crippen molar-refractivity contribution < 1.29 is 0 Å². The van der Waals surface area contributed by atoms with Crippen LogP contribution in [0.25, 0.3) is 44.2 Å². The van der Waals surface area contributed by atoms with Crippen molar-refractivity contribution in [2.45, 2.75) is 32.7 Å². The first-order chi connectivity index (χ1) is 17.0. The summed E-state index contributed by atoms with van der Waals surface area (Å²) in [5.41, 5.74) is 11.5. The van der Waals surface area contributed by atoms with E-state index in [1.54, 1.807) is 0 Å². The summed E-state index contributed by atoms with van der Waals surface area (Å²) in [6, 6.07) is 8.82. The minimum atomic E-state index is 0.330. The molecule has 2 N–H and O–H groups in total. The quantitative estimate of drug-likeness (QED) is 0.371. The molecule has 3 aromatic heterocycles. The van der Waals surface area contributed by atoms with Crippen LogP contribution < -0.4 is 5.43 Å². The minimum Gasteiger partial charge on any atom is -0.278 e. The topological polar surface area (TPSA) is 79.6 Å². The summed E-state index contributed by atoms with van der Waals surface area (Å²) in [5, 5.41) is 22.3. The number of hydrogen-bond donors (Lipinski definition) is 2. The van der Waals surface area contributed by atoms with Gasteiger partial charge in [-0.2, -0.15) is 15.3 Å². The van der Waals surface area contributed by atoms with E-state index in [0.717, 1.165) is 86.4 Å². The molecule has 0 atom stereocenters. The molecule has 0 spiro atoms. The van der Waals surface area contributed by atoms with Crippen LogP contribution in [0.1, 0.15) is 30.1 Å². The first kappa shape index (κ1) is 22.3. The lowest BCUT2D eigenvalue weighted by molar-refractivity contribution is 0.135. The van der Waals surface area contributed by atoms with Gasteiger partial charge in [-0.15, -0.1) is 0 Å². The summed E-state index contributed by atoms with van der Waals surface area (Å²) >= 11 is 7.02. The van der Waals surface area contributed by atoms with E-state index in [0.29, 0.717) is 6.04 Å². The van der Waals surface area contributed by atoms with Crippen molar-refractivity contribution in [3.63, 3.8) is 0 Å². The van der Waals surface area contributed by atoms with Crippen molar-refractivity contribution in [3.8, 4) is 22.4 Å². The molecule has 6 rings (SSSR count). The minimum absolute atomic E-state index is 0.330. The predicted octanol–water partition coefficient (Wildman–Crippen LogP) is 5.02. The van der Waals surface area contributed by atoms with Crippen LogP contribution in [0.15, 0.2) is 36.7 Å². The second-order valence-corrected chi connectivity index (χ2v) is 9.83. The molecule has 0 bridgehead atoms. The monoisotopic (exact) mass is 488 g/mol. The van der Waals surface area contributed by atoms with Crippen LogP contribution in [0.2, 0.25) is 5.02 Å². The third kappa shape index (κ3) is 3.55. The van der Waals surface area contributed by atoms with Gasteiger partial charge < -0.3 is 0 Å². The molecule has 0 radical (unpaired) electrons. The molecule has 1 fully saturated rings. The summed E-state index contributed by atoms with van der Waals surface area (Å²) in [4.78, 5) is 0. The molecular formula is C26H29ClN8. The number of nitrogens with zero attached hydrogens (tertiary/aromatic N) is 6. The maximum atomic E-state index is 7.02. The molecule has 180 valence electrons. The molecule has 35 heavy (non-hydrogen) atoms. The lowest BCUT2D eigenvalue weighted by Crippen LogP contribution is -2.42. The lowest BCUT2D eigenvalue weighted by Gasteiger charge is -2.31. The molecule has 0 amide bonds. The summed E-state index contributed by atoms with van der Waals surface area (Å²) in [5.74, 6) is 0. The van der Waals surface area contributed by atoms with Gasteiger partial charge in [-0.1, -0.05) is 23.7 Å². The Morgan fingerprint density at radius 1 is 1.09 bits per heavy atom. The van der Waals surface area contributed by atoms with Gasteiger partial charge in [-0.25, -0.2) is 5.01 Å². The first-order valence-corrected chi connectivity index (χ1v) is 12.4. The SMILES string of the molecule is CNN1CCC(n2nc(-c3ccc4cnn(C)c4c3)c(-c3c(Cl)c(C)cc4[nH]ncc34)c2C)CC1. The van der Waals surface area contributed by atoms with Gasteiger partial charge in [0, 0.05) is 53.3 Å². The normalized spacial score (nSPS) is 15.6. The number of hydrogen-bond acceptors (Lipinski definition) is 5. The van der Waals surface area contributed by atoms with E-state index in [1.807, 2.05) is 38.1 Å². The zero-order valence-corrected chi connectivity index (χ0v) is 21.2. The summed E-state index contributed by atoms with van der Waals surface area (Å²) in [6.07, 6.45) is 5.83. The van der Waals surface area contributed by atoms with E-state index in [9.17, 15) is 0 Å². The fourth-order valence-corrected chi connectivity index (χ4v) is 5.70. The highest BCUT2D eigenvalue weighted by Gasteiger charge is 2.28. The number of nitrogens with one attached hydrogen (secondary N) is 2. The van der Waals surface area contributed by atoms with Crippen molar-refractivity contribution in [3.05, 3.63) is 52.9 Å². The maximum Gasteiger partial charge on any atom is 0.101 e. The van der Waals surface area contributed by atoms with Crippen molar-refractivity contribution in [1.29, 1.82) is 0 Å². The molecule has 9 heteroatoms. The largest absolute Gasteiger partial charge is 0.278 e. The van der Waals surface area contributed by atoms with E-state index >= 15 is 0 Å². The highest BCUT2D eigenvalue weighted by Crippen LogP contribution is 2.44. The third-order valence-electron chi connectivity index (χ3n) is 7.41. The van der Waals surface area contributed by atoms with Crippen LogP contribution in [0, 0.1) is 13.8 Å². The fourth-order valence-electron chi connectivity index (χ4n) is 5.45. The fraction of sp³-hybridized carbons (Fsp3) is 0.346. The Kier molecular flexibility index (Phi) is 5.40. The molecule has 0 unspecified atom stereocenters. The van der Waals surface area contributed by atoms with Crippen LogP contribution in [0.5, 0.6) is 0 Å². The number of H-pyrrole nitrogens is 1. The Morgan fingerprint density at radius 2 is 1.89 bits per heavy atom. The van der Waals surface area contributed by atoms with Crippen molar-refractivity contribution >= 4 is 33.4 Å². The van der Waals surface area contributed by atoms with Crippen LogP contribution in [-0.2, 0) is 7.05 Å². The molecule has 8 nitrogen and oxygen atoms in total. The van der Waals surface area contributed by atoms with Crippen LogP contribution in [-0.4, -0.2) is 54.9 Å². The van der Waals surface area contributed by atoms with Gasteiger partial charge in [0.1, 0.15) is 5.69 Å². The Balaban J connectivity index is 1.60. The highest BCUT2D eigenvalue weighted by atomic mass is 35.5. The molecular weight excluding hydrogens is 460 g/mol. The maximum absolute atomic E-state index is 7.02. The Bertz CT molecular complexity index is 1550. The van der Waals surface area contributed by atoms with E-state index < -0.39 is 0 Å². The molecule has 1 saturated heterocycles. The molecule has 5 aromatic rings. The van der Waals surface area contributed by atoms with Crippen molar-refractivity contribution in [1.82, 2.24) is 40.2 Å². The lowest BCUT2D eigenvalue weighted by atomic mass is 9.94. The summed E-state index contributed by atoms with van der Waals surface area (Å²) in [6.45, 7) is 6.19. The van der Waals surface area contributed by atoms with E-state index in [-0.39, 0.29) is 0 Å². The molecule has 0 saturated carbocycles. The number of fused-ring (bicyclic) bond motifs is 2. The predicted molar refractivity (Wildman–Crippen MR) is 140 cm³/mol. The van der Waals surface area contributed by atoms with Crippen molar-refractivity contribution in [2.24, 2.45) is 7.05 Å². The van der Waals surface area contributed by atoms with E-state index in [4.69, 9.17) is 16.7 Å². The number of aromatic amines is 1. The van der Waals surface area contributed by atoms with Crippen LogP contribution >= 0.6 is 11.6 Å². The van der Waals surface area contributed by atoms with Gasteiger partial charge in [-0.3, -0.25) is 19.9 Å². The van der Waals surface area contributed by atoms with Gasteiger partial charge in [0.15, 0.2) is 0 Å². The molecule has 4 heterocycles. The zero-order valence-electron chi connectivity index (χ0n) is 20.4. The third-order valence-corrected chi connectivity index (χ3v) is 7.90. The Hall–Kier alpha value is -3.20. The number of aromatic nitrogens is 6. The standard InChI is InChI=1S/C26H29ClN8/c1-15-11-21-20(14-29-31-21)24(25(15)27)23-16(2)35(19-7-9-34(28-3)10-8-19)32-26(23)17-5-6-18-13-30-33(4)22(18)12-17/h5-6,11-14,19,28H,7-10H2,1-4H3,(H,29,31). The van der Waals surface area contributed by atoms with Gasteiger partial charge in [-0.05, 0) is 51.4 Å². The van der Waals surface area contributed by atoms with E-state index in [2.05, 4.69) is 61.6 Å². The Morgan fingerprint density at radius 3 is 2.66 bits per heavy atom. The van der Waals surface area contributed by atoms with Gasteiger partial charge >= 0.3 is 0 Å². The van der Waals surface area contributed by atoms with Gasteiger partial charge in [0.2, 0.25) is 0 Å². The summed E-state index contributed by atoms with van der Waals surface area (Å²) < 4.78 is 4.14. The zero-order chi connectivity index (χ0) is 24.3. The van der Waals surface area contributed by atoms with Gasteiger partial charge in [0.05, 0.1) is 34.5 Å². The highest BCUT2D eigenvalue weighted by molar-refractivity contribution is 6.36. The second-order valence-electron chi connectivity index (χ2n) is 9.45. The number of piperidine rings is 1. The summed E-state index contributed by atoms with van der Waals surface area (Å²) in [7, 11) is 3.96. The molecule has 1 aliphatic rings. The van der Waals surface area contributed by atoms with Crippen molar-refractivity contribution in [2.75, 3.05) is 20.1 Å². The molecule has 1 aliphatic heterocycles. The number of hydrazine groups is 1. The average Bonchev–Trinajstić information content (AvgIpc) is 3.58. The van der Waals surface area contributed by atoms with Gasteiger partial charge in [0.25, 0.3) is 0 Å². The van der Waals surface area contributed by atoms with E-state index in [1.165, 1.54) is 0 Å². The number of benzene rings is 2. The first-order valence-electron chi connectivity index (χ1n) is 12.0. The average molecular weight is 489 g/mol. The number of rotatable bonds is 4. The smallest absolute Gasteiger partial charge is 0.101 e. The molecule has 0 aliphatic carbocycles. The number of aryl methyl sites for hydroxylation is 2. The Labute approximate surface area is 208 Å². The molecule has 2 aromatic carbocycles. The second kappa shape index (κ2) is 8.48.